The second-order valence-electron chi connectivity index (χ2n) is 3.93. The average Bonchev–Trinajstić information content (AvgIpc) is 2.16. The van der Waals surface area contributed by atoms with E-state index in [1.54, 1.807) is 0 Å². The Morgan fingerprint density at radius 1 is 1.43 bits per heavy atom. The summed E-state index contributed by atoms with van der Waals surface area (Å²) in [5.41, 5.74) is 2.55. The van der Waals surface area contributed by atoms with Crippen molar-refractivity contribution in [3.05, 3.63) is 35.9 Å². The molecule has 0 saturated heterocycles. The molecule has 0 aliphatic carbocycles. The minimum Gasteiger partial charge on any atom is -0.126 e. The van der Waals surface area contributed by atoms with Crippen LogP contribution in [-0.4, -0.2) is 5.75 Å². The normalized spacial score (nSPS) is 10.6. The zero-order valence-electron chi connectivity index (χ0n) is 9.21. The van der Waals surface area contributed by atoms with Crippen LogP contribution in [0.15, 0.2) is 29.7 Å². The van der Waals surface area contributed by atoms with Gasteiger partial charge >= 0.3 is 0 Å². The Morgan fingerprint density at radius 2 is 2.14 bits per heavy atom. The van der Waals surface area contributed by atoms with E-state index in [-0.39, 0.29) is 0 Å². The molecular weight excluding hydrogens is 188 g/mol. The molecule has 1 aromatic rings. The zero-order valence-corrected chi connectivity index (χ0v) is 10.0. The molecule has 0 radical (unpaired) electrons. The molecule has 0 amide bonds. The molecule has 0 saturated carbocycles. The molecule has 0 N–H and O–H groups in total. The van der Waals surface area contributed by atoms with Crippen molar-refractivity contribution in [1.82, 2.24) is 0 Å². The van der Waals surface area contributed by atoms with Gasteiger partial charge in [0.15, 0.2) is 0 Å². The zero-order chi connectivity index (χ0) is 10.6. The first-order chi connectivity index (χ1) is 6.63. The van der Waals surface area contributed by atoms with Gasteiger partial charge in [0, 0.05) is 10.6 Å². The van der Waals surface area contributed by atoms with Gasteiger partial charge in [-0.1, -0.05) is 32.6 Å². The Hall–Kier alpha value is -0.690. The molecule has 0 aromatic heterocycles. The average molecular weight is 206 g/mol. The van der Waals surface area contributed by atoms with Crippen molar-refractivity contribution in [1.29, 1.82) is 0 Å². The van der Waals surface area contributed by atoms with Crippen LogP contribution < -0.4 is 0 Å². The third-order valence-corrected chi connectivity index (χ3v) is 3.47. The fourth-order valence-corrected chi connectivity index (χ4v) is 2.09. The van der Waals surface area contributed by atoms with E-state index in [9.17, 15) is 0 Å². The summed E-state index contributed by atoms with van der Waals surface area (Å²) in [6, 6.07) is 6.57. The van der Waals surface area contributed by atoms with Gasteiger partial charge in [-0.2, -0.15) is 0 Å². The van der Waals surface area contributed by atoms with Crippen LogP contribution in [0, 0.1) is 12.8 Å². The van der Waals surface area contributed by atoms with Gasteiger partial charge in [-0.15, -0.1) is 11.8 Å². The molecule has 0 bridgehead atoms. The Bertz CT molecular complexity index is 313. The van der Waals surface area contributed by atoms with Crippen molar-refractivity contribution in [3.8, 4) is 0 Å². The summed E-state index contributed by atoms with van der Waals surface area (Å²) in [5, 5.41) is 0. The number of aryl methyl sites for hydroxylation is 1. The van der Waals surface area contributed by atoms with Gasteiger partial charge in [0.2, 0.25) is 0 Å². The van der Waals surface area contributed by atoms with E-state index in [4.69, 9.17) is 0 Å². The molecular formula is C13H18S. The molecule has 0 aliphatic heterocycles. The van der Waals surface area contributed by atoms with Crippen LogP contribution in [0.2, 0.25) is 0 Å². The summed E-state index contributed by atoms with van der Waals surface area (Å²) in [4.78, 5) is 1.35. The topological polar surface area (TPSA) is 0 Å². The molecule has 0 unspecified atom stereocenters. The fourth-order valence-electron chi connectivity index (χ4n) is 1.19. The van der Waals surface area contributed by atoms with E-state index in [1.165, 1.54) is 21.8 Å². The van der Waals surface area contributed by atoms with E-state index in [0.717, 1.165) is 5.92 Å². The lowest BCUT2D eigenvalue weighted by atomic mass is 10.1. The lowest BCUT2D eigenvalue weighted by Gasteiger charge is -2.07. The predicted octanol–water partition coefficient (Wildman–Crippen LogP) is 4.39. The van der Waals surface area contributed by atoms with Gasteiger partial charge in [-0.3, -0.25) is 0 Å². The van der Waals surface area contributed by atoms with Crippen LogP contribution in [0.5, 0.6) is 0 Å². The van der Waals surface area contributed by atoms with Crippen molar-refractivity contribution < 1.29 is 0 Å². The number of benzene rings is 1. The Labute approximate surface area is 91.4 Å². The first-order valence-corrected chi connectivity index (χ1v) is 5.98. The number of hydrogen-bond donors (Lipinski definition) is 0. The highest BCUT2D eigenvalue weighted by atomic mass is 32.2. The summed E-state index contributed by atoms with van der Waals surface area (Å²) < 4.78 is 0. The smallest absolute Gasteiger partial charge is 0.00781 e. The summed E-state index contributed by atoms with van der Waals surface area (Å²) in [7, 11) is 0. The second kappa shape index (κ2) is 5.26. The van der Waals surface area contributed by atoms with Gasteiger partial charge in [-0.25, -0.2) is 0 Å². The van der Waals surface area contributed by atoms with Gasteiger partial charge in [0.1, 0.15) is 0 Å². The Morgan fingerprint density at radius 3 is 2.71 bits per heavy atom. The second-order valence-corrected chi connectivity index (χ2v) is 5.02. The fraction of sp³-hybridized carbons (Fsp3) is 0.385. The van der Waals surface area contributed by atoms with Crippen LogP contribution in [0.25, 0.3) is 6.08 Å². The molecule has 0 nitrogen and oxygen atoms in total. The van der Waals surface area contributed by atoms with Gasteiger partial charge in [0.05, 0.1) is 0 Å². The van der Waals surface area contributed by atoms with Gasteiger partial charge in [-0.05, 0) is 36.1 Å². The van der Waals surface area contributed by atoms with Crippen LogP contribution in [0.3, 0.4) is 0 Å². The lowest BCUT2D eigenvalue weighted by Crippen LogP contribution is -1.90. The van der Waals surface area contributed by atoms with Crippen molar-refractivity contribution in [2.24, 2.45) is 5.92 Å². The minimum atomic E-state index is 0.744. The first-order valence-electron chi connectivity index (χ1n) is 4.99. The summed E-state index contributed by atoms with van der Waals surface area (Å²) in [5.74, 6) is 1.92. The standard InChI is InChI=1S/C13H18S/c1-5-12-8-13(7-6-11(12)4)14-9-10(2)3/h5-8,10H,1,9H2,2-4H3. The number of thioether (sulfide) groups is 1. The van der Waals surface area contributed by atoms with Gasteiger partial charge < -0.3 is 0 Å². The highest BCUT2D eigenvalue weighted by Gasteiger charge is 1.99. The molecule has 1 rings (SSSR count). The monoisotopic (exact) mass is 206 g/mol. The third kappa shape index (κ3) is 3.22. The predicted molar refractivity (Wildman–Crippen MR) is 66.8 cm³/mol. The SMILES string of the molecule is C=Cc1cc(SCC(C)C)ccc1C. The van der Waals surface area contributed by atoms with Crippen LogP contribution in [0.1, 0.15) is 25.0 Å². The lowest BCUT2D eigenvalue weighted by molar-refractivity contribution is 0.750. The van der Waals surface area contributed by atoms with E-state index in [2.05, 4.69) is 45.5 Å². The molecule has 14 heavy (non-hydrogen) atoms. The third-order valence-electron chi connectivity index (χ3n) is 2.05. The Kier molecular flexibility index (Phi) is 4.27. The minimum absolute atomic E-state index is 0.744. The molecule has 0 aliphatic rings. The molecule has 0 spiro atoms. The summed E-state index contributed by atoms with van der Waals surface area (Å²) in [6.07, 6.45) is 1.93. The first kappa shape index (κ1) is 11.4. The highest BCUT2D eigenvalue weighted by Crippen LogP contribution is 2.23. The molecule has 76 valence electrons. The van der Waals surface area contributed by atoms with Crippen LogP contribution in [0.4, 0.5) is 0 Å². The largest absolute Gasteiger partial charge is 0.126 e. The van der Waals surface area contributed by atoms with Crippen molar-refractivity contribution in [3.63, 3.8) is 0 Å². The Balaban J connectivity index is 2.74. The van der Waals surface area contributed by atoms with E-state index in [0.29, 0.717) is 0 Å². The van der Waals surface area contributed by atoms with Gasteiger partial charge in [0.25, 0.3) is 0 Å². The molecule has 1 heteroatoms. The van der Waals surface area contributed by atoms with Crippen molar-refractivity contribution in [2.75, 3.05) is 5.75 Å². The maximum atomic E-state index is 3.82. The van der Waals surface area contributed by atoms with E-state index >= 15 is 0 Å². The quantitative estimate of drug-likeness (QED) is 0.658. The van der Waals surface area contributed by atoms with Crippen molar-refractivity contribution in [2.45, 2.75) is 25.7 Å². The maximum absolute atomic E-state index is 3.82. The molecule has 0 atom stereocenters. The number of rotatable bonds is 4. The van der Waals surface area contributed by atoms with E-state index in [1.807, 2.05) is 17.8 Å². The summed E-state index contributed by atoms with van der Waals surface area (Å²) in [6.45, 7) is 10.4. The van der Waals surface area contributed by atoms with E-state index < -0.39 is 0 Å². The molecule has 1 aromatic carbocycles. The van der Waals surface area contributed by atoms with Crippen LogP contribution in [-0.2, 0) is 0 Å². The molecule has 0 heterocycles. The molecule has 0 fully saturated rings. The maximum Gasteiger partial charge on any atom is 0.00781 e. The van der Waals surface area contributed by atoms with Crippen LogP contribution >= 0.6 is 11.8 Å². The van der Waals surface area contributed by atoms with Crippen molar-refractivity contribution >= 4 is 17.8 Å². The highest BCUT2D eigenvalue weighted by molar-refractivity contribution is 7.99. The number of hydrogen-bond acceptors (Lipinski definition) is 1. The summed E-state index contributed by atoms with van der Waals surface area (Å²) >= 11 is 1.92.